The zero-order valence-corrected chi connectivity index (χ0v) is 17.9. The van der Waals surface area contributed by atoms with Gasteiger partial charge < -0.3 is 19.7 Å². The molecule has 1 unspecified atom stereocenters. The van der Waals surface area contributed by atoms with E-state index in [4.69, 9.17) is 9.47 Å². The second-order valence-electron chi connectivity index (χ2n) is 7.83. The molecule has 0 aromatic heterocycles. The number of anilines is 1. The third-order valence-corrected chi connectivity index (χ3v) is 5.03. The predicted molar refractivity (Wildman–Crippen MR) is 117 cm³/mol. The molecule has 1 aliphatic rings. The molecule has 0 aliphatic carbocycles. The van der Waals surface area contributed by atoms with Gasteiger partial charge in [0.05, 0.1) is 31.8 Å². The molecule has 0 spiro atoms. The van der Waals surface area contributed by atoms with E-state index in [-0.39, 0.29) is 24.4 Å². The van der Waals surface area contributed by atoms with Crippen LogP contribution in [0.4, 0.5) is 5.69 Å². The number of carbonyl (C=O) groups excluding carboxylic acids is 2. The van der Waals surface area contributed by atoms with Crippen molar-refractivity contribution >= 4 is 17.6 Å². The van der Waals surface area contributed by atoms with Gasteiger partial charge in [-0.2, -0.15) is 0 Å². The van der Waals surface area contributed by atoms with Crippen molar-refractivity contribution in [1.82, 2.24) is 5.32 Å². The number of ether oxygens (including phenoxy) is 2. The number of nitrogens with one attached hydrogen (secondary N) is 1. The third-order valence-electron chi connectivity index (χ3n) is 5.03. The van der Waals surface area contributed by atoms with Crippen LogP contribution in [0.25, 0.3) is 0 Å². The summed E-state index contributed by atoms with van der Waals surface area (Å²) in [4.78, 5) is 27.4. The highest BCUT2D eigenvalue weighted by Crippen LogP contribution is 2.21. The van der Waals surface area contributed by atoms with Gasteiger partial charge in [0.2, 0.25) is 0 Å². The van der Waals surface area contributed by atoms with E-state index in [1.807, 2.05) is 69.3 Å². The van der Waals surface area contributed by atoms with Crippen LogP contribution in [0.15, 0.2) is 48.5 Å². The first kappa shape index (κ1) is 21.8. The van der Waals surface area contributed by atoms with E-state index in [1.165, 1.54) is 0 Å². The number of aryl methyl sites for hydroxylation is 1. The van der Waals surface area contributed by atoms with Crippen molar-refractivity contribution in [2.75, 3.05) is 31.2 Å². The first-order chi connectivity index (χ1) is 14.4. The van der Waals surface area contributed by atoms with E-state index in [0.717, 1.165) is 29.9 Å². The number of esters is 1. The van der Waals surface area contributed by atoms with Gasteiger partial charge in [-0.3, -0.25) is 9.59 Å². The molecule has 30 heavy (non-hydrogen) atoms. The quantitative estimate of drug-likeness (QED) is 0.706. The van der Waals surface area contributed by atoms with Crippen molar-refractivity contribution in [2.24, 2.45) is 0 Å². The molecule has 0 bridgehead atoms. The molecule has 6 nitrogen and oxygen atoms in total. The van der Waals surface area contributed by atoms with Crippen LogP contribution in [0, 0.1) is 6.92 Å². The van der Waals surface area contributed by atoms with Gasteiger partial charge in [0.15, 0.2) is 0 Å². The molecule has 2 aromatic carbocycles. The van der Waals surface area contributed by atoms with Crippen molar-refractivity contribution in [3.63, 3.8) is 0 Å². The van der Waals surface area contributed by atoms with Gasteiger partial charge in [-0.25, -0.2) is 0 Å². The second kappa shape index (κ2) is 10.3. The summed E-state index contributed by atoms with van der Waals surface area (Å²) >= 11 is 0. The summed E-state index contributed by atoms with van der Waals surface area (Å²) in [5.74, 6) is -0.551. The lowest BCUT2D eigenvalue weighted by Crippen LogP contribution is -2.36. The summed E-state index contributed by atoms with van der Waals surface area (Å²) in [6, 6.07) is 14.9. The van der Waals surface area contributed by atoms with Crippen LogP contribution in [0.3, 0.4) is 0 Å². The van der Waals surface area contributed by atoms with Crippen molar-refractivity contribution < 1.29 is 19.1 Å². The van der Waals surface area contributed by atoms with Crippen LogP contribution in [-0.2, 0) is 14.3 Å². The summed E-state index contributed by atoms with van der Waals surface area (Å²) in [6.45, 7) is 8.75. The summed E-state index contributed by atoms with van der Waals surface area (Å²) in [6.07, 6.45) is -0.113. The number of carbonyl (C=O) groups is 2. The highest BCUT2D eigenvalue weighted by atomic mass is 16.5. The number of rotatable bonds is 7. The van der Waals surface area contributed by atoms with Crippen LogP contribution in [0.5, 0.6) is 0 Å². The molecule has 1 amide bonds. The molecule has 1 fully saturated rings. The fourth-order valence-electron chi connectivity index (χ4n) is 3.42. The molecule has 1 aliphatic heterocycles. The van der Waals surface area contributed by atoms with Gasteiger partial charge in [-0.1, -0.05) is 29.8 Å². The minimum absolute atomic E-state index is 0.0822. The number of nitrogens with zero attached hydrogens (tertiary/aromatic N) is 1. The number of amides is 1. The Hall–Kier alpha value is -2.86. The lowest BCUT2D eigenvalue weighted by atomic mass is 10.0. The maximum Gasteiger partial charge on any atom is 0.308 e. The SMILES string of the molecule is Cc1ccc(C(CC(=O)OC(C)C)NC(=O)c2ccc(N3CCOCC3)cc2)cc1. The largest absolute Gasteiger partial charge is 0.463 e. The van der Waals surface area contributed by atoms with Crippen LogP contribution in [-0.4, -0.2) is 44.3 Å². The average molecular weight is 411 g/mol. The molecule has 0 radical (unpaired) electrons. The fraction of sp³-hybridized carbons (Fsp3) is 0.417. The van der Waals surface area contributed by atoms with Gasteiger partial charge in [0, 0.05) is 24.3 Å². The van der Waals surface area contributed by atoms with Crippen LogP contribution >= 0.6 is 0 Å². The Morgan fingerprint density at radius 3 is 2.27 bits per heavy atom. The molecular formula is C24H30N2O4. The molecule has 1 N–H and O–H groups in total. The van der Waals surface area contributed by atoms with Crippen LogP contribution in [0.2, 0.25) is 0 Å². The van der Waals surface area contributed by atoms with E-state index in [2.05, 4.69) is 10.2 Å². The lowest BCUT2D eigenvalue weighted by molar-refractivity contribution is -0.147. The van der Waals surface area contributed by atoms with Crippen molar-refractivity contribution in [1.29, 1.82) is 0 Å². The molecule has 3 rings (SSSR count). The number of morpholine rings is 1. The number of hydrogen-bond acceptors (Lipinski definition) is 5. The first-order valence-corrected chi connectivity index (χ1v) is 10.4. The van der Waals surface area contributed by atoms with E-state index < -0.39 is 6.04 Å². The Morgan fingerprint density at radius 2 is 1.67 bits per heavy atom. The highest BCUT2D eigenvalue weighted by Gasteiger charge is 2.21. The van der Waals surface area contributed by atoms with Crippen molar-refractivity contribution in [3.8, 4) is 0 Å². The van der Waals surface area contributed by atoms with Crippen LogP contribution < -0.4 is 10.2 Å². The Labute approximate surface area is 178 Å². The average Bonchev–Trinajstić information content (AvgIpc) is 2.74. The minimum atomic E-state index is -0.455. The molecule has 1 atom stereocenters. The van der Waals surface area contributed by atoms with E-state index in [1.54, 1.807) is 0 Å². The normalized spacial score (nSPS) is 15.0. The summed E-state index contributed by atoms with van der Waals surface area (Å²) < 4.78 is 10.7. The van der Waals surface area contributed by atoms with Crippen molar-refractivity contribution in [2.45, 2.75) is 39.3 Å². The summed E-state index contributed by atoms with van der Waals surface area (Å²) in [5, 5.41) is 3.00. The Kier molecular flexibility index (Phi) is 7.46. The van der Waals surface area contributed by atoms with Gasteiger partial charge in [0.1, 0.15) is 0 Å². The standard InChI is InChI=1S/C24H30N2O4/c1-17(2)30-23(27)16-22(19-6-4-18(3)5-7-19)25-24(28)20-8-10-21(11-9-20)26-12-14-29-15-13-26/h4-11,17,22H,12-16H2,1-3H3,(H,25,28). The molecule has 1 saturated heterocycles. The smallest absolute Gasteiger partial charge is 0.308 e. The topological polar surface area (TPSA) is 67.9 Å². The molecule has 6 heteroatoms. The molecule has 2 aromatic rings. The van der Waals surface area contributed by atoms with E-state index >= 15 is 0 Å². The maximum atomic E-state index is 12.9. The Balaban J connectivity index is 1.71. The maximum absolute atomic E-state index is 12.9. The third kappa shape index (κ3) is 6.07. The van der Waals surface area contributed by atoms with E-state index in [0.29, 0.717) is 18.8 Å². The van der Waals surface area contributed by atoms with Crippen LogP contribution in [0.1, 0.15) is 47.8 Å². The zero-order chi connectivity index (χ0) is 21.5. The van der Waals surface area contributed by atoms with Gasteiger partial charge in [-0.05, 0) is 50.6 Å². The number of hydrogen-bond donors (Lipinski definition) is 1. The Bertz CT molecular complexity index is 841. The Morgan fingerprint density at radius 1 is 1.03 bits per heavy atom. The molecule has 1 heterocycles. The fourth-order valence-corrected chi connectivity index (χ4v) is 3.42. The lowest BCUT2D eigenvalue weighted by Gasteiger charge is -2.29. The summed E-state index contributed by atoms with van der Waals surface area (Å²) in [5.41, 5.74) is 3.62. The molecular weight excluding hydrogens is 380 g/mol. The first-order valence-electron chi connectivity index (χ1n) is 10.4. The van der Waals surface area contributed by atoms with Gasteiger partial charge in [0.25, 0.3) is 5.91 Å². The van der Waals surface area contributed by atoms with Gasteiger partial charge >= 0.3 is 5.97 Å². The molecule has 0 saturated carbocycles. The van der Waals surface area contributed by atoms with Gasteiger partial charge in [-0.15, -0.1) is 0 Å². The summed E-state index contributed by atoms with van der Waals surface area (Å²) in [7, 11) is 0. The monoisotopic (exact) mass is 410 g/mol. The number of benzene rings is 2. The zero-order valence-electron chi connectivity index (χ0n) is 17.9. The van der Waals surface area contributed by atoms with Crippen molar-refractivity contribution in [3.05, 3.63) is 65.2 Å². The predicted octanol–water partition coefficient (Wildman–Crippen LogP) is 3.64. The molecule has 160 valence electrons. The van der Waals surface area contributed by atoms with E-state index in [9.17, 15) is 9.59 Å². The second-order valence-corrected chi connectivity index (χ2v) is 7.83. The highest BCUT2D eigenvalue weighted by molar-refractivity contribution is 5.95. The minimum Gasteiger partial charge on any atom is -0.463 e.